The number of nitrogens with one attached hydrogen (secondary N) is 2. The van der Waals surface area contributed by atoms with E-state index >= 15 is 0 Å². The van der Waals surface area contributed by atoms with Gasteiger partial charge in [-0.2, -0.15) is 0 Å². The van der Waals surface area contributed by atoms with Gasteiger partial charge in [-0.05, 0) is 31.6 Å². The maximum Gasteiger partial charge on any atom is 0.251 e. The zero-order valence-electron chi connectivity index (χ0n) is 15.9. The van der Waals surface area contributed by atoms with Crippen LogP contribution in [0.3, 0.4) is 0 Å². The molecule has 0 bridgehead atoms. The summed E-state index contributed by atoms with van der Waals surface area (Å²) in [5.74, 6) is -0.512. The standard InChI is InChI=1S/C20H28FN3O2/c1-6-7-15(10-18(22)24-14(3)25)19(26)23-12-17-9-8-16(13(17)2)11-20(4,5)21/h6-10,13H,1,11-12,22H2,2-5H3,(H,23,26)(H,24,25)/b15-7+,18-10+. The second-order valence-electron chi connectivity index (χ2n) is 6.92. The number of hydrogen-bond acceptors (Lipinski definition) is 3. The van der Waals surface area contributed by atoms with Crippen LogP contribution in [0.1, 0.15) is 34.1 Å². The van der Waals surface area contributed by atoms with Crippen molar-refractivity contribution in [3.63, 3.8) is 0 Å². The van der Waals surface area contributed by atoms with E-state index in [-0.39, 0.29) is 29.1 Å². The SMILES string of the molecule is C=C/C=C(\C=C(/N)NC(C)=O)C(=O)NCC1=CC=C(CC(C)(C)F)C1C. The molecule has 1 atom stereocenters. The van der Waals surface area contributed by atoms with Crippen molar-refractivity contribution in [2.45, 2.75) is 39.8 Å². The van der Waals surface area contributed by atoms with Gasteiger partial charge >= 0.3 is 0 Å². The molecule has 0 saturated heterocycles. The summed E-state index contributed by atoms with van der Waals surface area (Å²) < 4.78 is 13.9. The van der Waals surface area contributed by atoms with Crippen molar-refractivity contribution in [1.29, 1.82) is 0 Å². The minimum absolute atomic E-state index is 0.0725. The van der Waals surface area contributed by atoms with E-state index in [9.17, 15) is 14.0 Å². The van der Waals surface area contributed by atoms with Crippen molar-refractivity contribution >= 4 is 11.8 Å². The summed E-state index contributed by atoms with van der Waals surface area (Å²) >= 11 is 0. The van der Waals surface area contributed by atoms with Crippen LogP contribution in [-0.2, 0) is 9.59 Å². The van der Waals surface area contributed by atoms with Gasteiger partial charge < -0.3 is 16.4 Å². The molecule has 0 saturated carbocycles. The Kier molecular flexibility index (Phi) is 7.56. The quantitative estimate of drug-likeness (QED) is 0.459. The van der Waals surface area contributed by atoms with E-state index in [0.717, 1.165) is 11.1 Å². The average molecular weight is 361 g/mol. The Hall–Kier alpha value is -2.63. The van der Waals surface area contributed by atoms with Crippen molar-refractivity contribution in [3.8, 4) is 0 Å². The molecule has 0 aliphatic heterocycles. The number of alkyl halides is 1. The summed E-state index contributed by atoms with van der Waals surface area (Å²) in [4.78, 5) is 23.4. The molecular weight excluding hydrogens is 333 g/mol. The van der Waals surface area contributed by atoms with Gasteiger partial charge in [0.1, 0.15) is 11.5 Å². The molecule has 2 amide bonds. The normalized spacial score (nSPS) is 18.1. The lowest BCUT2D eigenvalue weighted by Crippen LogP contribution is -2.30. The Morgan fingerprint density at radius 3 is 2.50 bits per heavy atom. The van der Waals surface area contributed by atoms with Crippen LogP contribution in [0.15, 0.2) is 59.5 Å². The van der Waals surface area contributed by atoms with Crippen LogP contribution < -0.4 is 16.4 Å². The average Bonchev–Trinajstić information content (AvgIpc) is 2.82. The minimum atomic E-state index is -1.27. The van der Waals surface area contributed by atoms with Gasteiger partial charge in [-0.15, -0.1) is 0 Å². The van der Waals surface area contributed by atoms with Crippen LogP contribution >= 0.6 is 0 Å². The fraction of sp³-hybridized carbons (Fsp3) is 0.400. The molecule has 0 spiro atoms. The third-order valence-electron chi connectivity index (χ3n) is 3.89. The van der Waals surface area contributed by atoms with Crippen LogP contribution in [-0.4, -0.2) is 24.0 Å². The molecule has 0 fully saturated rings. The fourth-order valence-corrected chi connectivity index (χ4v) is 2.66. The monoisotopic (exact) mass is 361 g/mol. The van der Waals surface area contributed by atoms with Gasteiger partial charge in [0, 0.05) is 31.4 Å². The Labute approximate surface area is 154 Å². The number of carbonyl (C=O) groups excluding carboxylic acids is 2. The van der Waals surface area contributed by atoms with Crippen molar-refractivity contribution in [2.75, 3.05) is 6.54 Å². The first kappa shape index (κ1) is 21.4. The molecule has 0 radical (unpaired) electrons. The first-order valence-electron chi connectivity index (χ1n) is 8.47. The lowest BCUT2D eigenvalue weighted by molar-refractivity contribution is -0.118. The summed E-state index contributed by atoms with van der Waals surface area (Å²) in [5.41, 5.74) is 6.71. The van der Waals surface area contributed by atoms with Gasteiger partial charge in [0.25, 0.3) is 5.91 Å². The zero-order chi connectivity index (χ0) is 19.9. The van der Waals surface area contributed by atoms with Gasteiger partial charge in [-0.25, -0.2) is 4.39 Å². The highest BCUT2D eigenvalue weighted by atomic mass is 19.1. The summed E-state index contributed by atoms with van der Waals surface area (Å²) in [5, 5.41) is 5.23. The minimum Gasteiger partial charge on any atom is -0.385 e. The number of rotatable bonds is 8. The van der Waals surface area contributed by atoms with E-state index in [1.54, 1.807) is 13.8 Å². The predicted octanol–water partition coefficient (Wildman–Crippen LogP) is 2.79. The van der Waals surface area contributed by atoms with Gasteiger partial charge in [-0.1, -0.05) is 37.3 Å². The number of halogens is 1. The number of allylic oxidation sites excluding steroid dienone is 5. The Bertz CT molecular complexity index is 694. The van der Waals surface area contributed by atoms with Gasteiger partial charge in [0.2, 0.25) is 5.91 Å². The van der Waals surface area contributed by atoms with Gasteiger partial charge in [0.15, 0.2) is 0 Å². The van der Waals surface area contributed by atoms with Crippen molar-refractivity contribution < 1.29 is 14.0 Å². The Balaban J connectivity index is 2.69. The molecule has 0 aromatic rings. The summed E-state index contributed by atoms with van der Waals surface area (Å²) in [6, 6.07) is 0. The van der Waals surface area contributed by atoms with E-state index in [1.807, 2.05) is 19.1 Å². The van der Waals surface area contributed by atoms with E-state index in [0.29, 0.717) is 13.0 Å². The molecule has 26 heavy (non-hydrogen) atoms. The third-order valence-corrected chi connectivity index (χ3v) is 3.89. The Morgan fingerprint density at radius 1 is 1.35 bits per heavy atom. The Morgan fingerprint density at radius 2 is 1.96 bits per heavy atom. The van der Waals surface area contributed by atoms with E-state index in [4.69, 9.17) is 5.73 Å². The number of hydrogen-bond donors (Lipinski definition) is 3. The van der Waals surface area contributed by atoms with Crippen LogP contribution in [0.25, 0.3) is 0 Å². The van der Waals surface area contributed by atoms with E-state index in [2.05, 4.69) is 17.2 Å². The smallest absolute Gasteiger partial charge is 0.251 e. The highest BCUT2D eigenvalue weighted by Gasteiger charge is 2.25. The first-order valence-corrected chi connectivity index (χ1v) is 8.47. The lowest BCUT2D eigenvalue weighted by atomic mass is 9.90. The van der Waals surface area contributed by atoms with Gasteiger partial charge in [-0.3, -0.25) is 9.59 Å². The van der Waals surface area contributed by atoms with Crippen molar-refractivity contribution in [1.82, 2.24) is 10.6 Å². The molecule has 1 aliphatic carbocycles. The van der Waals surface area contributed by atoms with E-state index < -0.39 is 5.67 Å². The number of nitrogens with two attached hydrogens (primary N) is 1. The molecule has 1 aliphatic rings. The maximum atomic E-state index is 13.9. The summed E-state index contributed by atoms with van der Waals surface area (Å²) in [7, 11) is 0. The maximum absolute atomic E-state index is 13.9. The second-order valence-corrected chi connectivity index (χ2v) is 6.92. The molecule has 6 heteroatoms. The van der Waals surface area contributed by atoms with Crippen LogP contribution in [0, 0.1) is 5.92 Å². The molecule has 4 N–H and O–H groups in total. The molecule has 1 rings (SSSR count). The number of carbonyl (C=O) groups is 2. The molecular formula is C20H28FN3O2. The van der Waals surface area contributed by atoms with Gasteiger partial charge in [0.05, 0.1) is 0 Å². The topological polar surface area (TPSA) is 84.2 Å². The number of amides is 2. The van der Waals surface area contributed by atoms with Crippen LogP contribution in [0.5, 0.6) is 0 Å². The largest absolute Gasteiger partial charge is 0.385 e. The lowest BCUT2D eigenvalue weighted by Gasteiger charge is -2.20. The third kappa shape index (κ3) is 7.09. The predicted molar refractivity (Wildman–Crippen MR) is 103 cm³/mol. The molecule has 142 valence electrons. The van der Waals surface area contributed by atoms with Crippen LogP contribution in [0.4, 0.5) is 4.39 Å². The van der Waals surface area contributed by atoms with E-state index in [1.165, 1.54) is 25.2 Å². The first-order chi connectivity index (χ1) is 12.0. The van der Waals surface area contributed by atoms with Crippen LogP contribution in [0.2, 0.25) is 0 Å². The second kappa shape index (κ2) is 9.17. The molecule has 0 heterocycles. The molecule has 1 unspecified atom stereocenters. The summed E-state index contributed by atoms with van der Waals surface area (Å²) in [6.45, 7) is 10.4. The van der Waals surface area contributed by atoms with Crippen molar-refractivity contribution in [3.05, 3.63) is 59.5 Å². The molecule has 0 aromatic heterocycles. The van der Waals surface area contributed by atoms with Crippen molar-refractivity contribution in [2.24, 2.45) is 11.7 Å². The molecule has 5 nitrogen and oxygen atoms in total. The fourth-order valence-electron chi connectivity index (χ4n) is 2.66. The summed E-state index contributed by atoms with van der Waals surface area (Å²) in [6.07, 6.45) is 8.55. The molecule has 0 aromatic carbocycles. The highest BCUT2D eigenvalue weighted by Crippen LogP contribution is 2.33. The highest BCUT2D eigenvalue weighted by molar-refractivity contribution is 5.96. The zero-order valence-corrected chi connectivity index (χ0v) is 15.9.